The SMILES string of the molecule is CC1CCC(Cn2c(C3CCCCC3O)nc3nc(C4NOC(=O)N4)nc(N[C@H](C)C4CCC4)c32)CC1. The van der Waals surface area contributed by atoms with E-state index in [2.05, 4.69) is 34.5 Å². The van der Waals surface area contributed by atoms with E-state index in [4.69, 9.17) is 19.8 Å². The molecule has 4 fully saturated rings. The van der Waals surface area contributed by atoms with Crippen LogP contribution < -0.4 is 16.1 Å². The van der Waals surface area contributed by atoms with Crippen molar-refractivity contribution >= 4 is 23.1 Å². The molecule has 4 N–H and O–H groups in total. The highest BCUT2D eigenvalue weighted by atomic mass is 16.7. The third-order valence-electron chi connectivity index (χ3n) is 9.30. The quantitative estimate of drug-likeness (QED) is 0.428. The van der Waals surface area contributed by atoms with E-state index in [1.165, 1.54) is 44.9 Å². The fraction of sp³-hybridized carbons (Fsp3) is 0.778. The first-order valence-electron chi connectivity index (χ1n) is 14.4. The van der Waals surface area contributed by atoms with Crippen molar-refractivity contribution in [2.45, 2.75) is 115 Å². The minimum atomic E-state index is -0.634. The topological polar surface area (TPSA) is 126 Å². The molecule has 0 aromatic carbocycles. The zero-order valence-corrected chi connectivity index (χ0v) is 22.1. The van der Waals surface area contributed by atoms with Gasteiger partial charge in [-0.3, -0.25) is 5.32 Å². The third-order valence-corrected chi connectivity index (χ3v) is 9.30. The first kappa shape index (κ1) is 24.9. The molecular formula is C27H41N7O3. The summed E-state index contributed by atoms with van der Waals surface area (Å²) >= 11 is 0. The fourth-order valence-electron chi connectivity index (χ4n) is 6.63. The fourth-order valence-corrected chi connectivity index (χ4v) is 6.63. The van der Waals surface area contributed by atoms with Gasteiger partial charge in [-0.05, 0) is 63.2 Å². The van der Waals surface area contributed by atoms with E-state index in [-0.39, 0.29) is 12.0 Å². The molecule has 4 aliphatic rings. The highest BCUT2D eigenvalue weighted by Crippen LogP contribution is 2.39. The van der Waals surface area contributed by atoms with E-state index in [0.29, 0.717) is 23.3 Å². The van der Waals surface area contributed by atoms with Gasteiger partial charge in [0.15, 0.2) is 23.5 Å². The molecule has 6 rings (SSSR count). The average molecular weight is 512 g/mol. The van der Waals surface area contributed by atoms with Gasteiger partial charge in [0.05, 0.1) is 6.10 Å². The van der Waals surface area contributed by atoms with Gasteiger partial charge in [0.25, 0.3) is 0 Å². The lowest BCUT2D eigenvalue weighted by Crippen LogP contribution is -2.32. The molecule has 3 aliphatic carbocycles. The Hall–Kier alpha value is -2.46. The molecule has 3 unspecified atom stereocenters. The maximum atomic E-state index is 11.7. The van der Waals surface area contributed by atoms with Crippen LogP contribution in [0.4, 0.5) is 10.6 Å². The van der Waals surface area contributed by atoms with Crippen molar-refractivity contribution in [3.63, 3.8) is 0 Å². The van der Waals surface area contributed by atoms with Crippen molar-refractivity contribution in [3.8, 4) is 0 Å². The monoisotopic (exact) mass is 511 g/mol. The number of carbonyl (C=O) groups excluding carboxylic acids is 1. The molecule has 2 aromatic heterocycles. The number of fused-ring (bicyclic) bond motifs is 1. The summed E-state index contributed by atoms with van der Waals surface area (Å²) in [6.45, 7) is 5.45. The van der Waals surface area contributed by atoms with Gasteiger partial charge in [-0.25, -0.2) is 19.7 Å². The number of imidazole rings is 1. The smallest absolute Gasteiger partial charge is 0.392 e. The van der Waals surface area contributed by atoms with Crippen LogP contribution in [0.2, 0.25) is 0 Å². The van der Waals surface area contributed by atoms with E-state index in [9.17, 15) is 9.90 Å². The molecule has 3 heterocycles. The predicted molar refractivity (Wildman–Crippen MR) is 140 cm³/mol. The predicted octanol–water partition coefficient (Wildman–Crippen LogP) is 4.51. The van der Waals surface area contributed by atoms with Crippen molar-refractivity contribution in [2.24, 2.45) is 17.8 Å². The summed E-state index contributed by atoms with van der Waals surface area (Å²) in [4.78, 5) is 31.5. The second-order valence-corrected chi connectivity index (χ2v) is 12.0. The molecule has 3 saturated carbocycles. The van der Waals surface area contributed by atoms with Crippen LogP contribution in [0.3, 0.4) is 0 Å². The molecule has 10 nitrogen and oxygen atoms in total. The van der Waals surface area contributed by atoms with Crippen LogP contribution >= 0.6 is 0 Å². The number of nitrogens with zero attached hydrogens (tertiary/aromatic N) is 4. The van der Waals surface area contributed by atoms with Crippen LogP contribution in [0, 0.1) is 17.8 Å². The number of amides is 1. The highest BCUT2D eigenvalue weighted by molar-refractivity contribution is 5.84. The van der Waals surface area contributed by atoms with Crippen molar-refractivity contribution in [1.29, 1.82) is 0 Å². The number of hydrogen-bond donors (Lipinski definition) is 4. The number of aromatic nitrogens is 4. The number of hydrogen-bond acceptors (Lipinski definition) is 8. The molecule has 0 spiro atoms. The average Bonchev–Trinajstić information content (AvgIpc) is 3.43. The Morgan fingerprint density at radius 3 is 2.51 bits per heavy atom. The molecule has 2 aromatic rings. The number of rotatable bonds is 7. The van der Waals surface area contributed by atoms with Gasteiger partial charge in [-0.2, -0.15) is 0 Å². The normalized spacial score (nSPS) is 31.5. The molecule has 0 bridgehead atoms. The lowest BCUT2D eigenvalue weighted by atomic mass is 9.80. The maximum absolute atomic E-state index is 11.7. The molecule has 202 valence electrons. The summed E-state index contributed by atoms with van der Waals surface area (Å²) in [5.74, 6) is 4.11. The Morgan fingerprint density at radius 2 is 1.84 bits per heavy atom. The maximum Gasteiger partial charge on any atom is 0.427 e. The minimum absolute atomic E-state index is 0.00142. The Morgan fingerprint density at radius 1 is 1.05 bits per heavy atom. The Labute approximate surface area is 218 Å². The van der Waals surface area contributed by atoms with Gasteiger partial charge in [0, 0.05) is 18.5 Å². The van der Waals surface area contributed by atoms with Gasteiger partial charge < -0.3 is 19.8 Å². The number of aliphatic hydroxyl groups excluding tert-OH is 1. The number of hydroxylamine groups is 1. The summed E-state index contributed by atoms with van der Waals surface area (Å²) in [5.41, 5.74) is 4.23. The van der Waals surface area contributed by atoms with Crippen LogP contribution in [-0.4, -0.2) is 42.9 Å². The summed E-state index contributed by atoms with van der Waals surface area (Å²) in [6, 6.07) is 0.268. The van der Waals surface area contributed by atoms with Crippen LogP contribution in [0.1, 0.15) is 108 Å². The molecule has 0 radical (unpaired) electrons. The summed E-state index contributed by atoms with van der Waals surface area (Å²) in [7, 11) is 0. The first-order chi connectivity index (χ1) is 18.0. The minimum Gasteiger partial charge on any atom is -0.392 e. The molecule has 1 aliphatic heterocycles. The molecular weight excluding hydrogens is 470 g/mol. The Balaban J connectivity index is 1.44. The van der Waals surface area contributed by atoms with Gasteiger partial charge in [-0.1, -0.05) is 39.0 Å². The number of anilines is 1. The van der Waals surface area contributed by atoms with Gasteiger partial charge in [0.1, 0.15) is 11.3 Å². The van der Waals surface area contributed by atoms with Crippen molar-refractivity contribution in [2.75, 3.05) is 5.32 Å². The summed E-state index contributed by atoms with van der Waals surface area (Å²) in [5, 5.41) is 17.5. The van der Waals surface area contributed by atoms with Crippen molar-refractivity contribution in [1.82, 2.24) is 30.3 Å². The van der Waals surface area contributed by atoms with Crippen LogP contribution in [-0.2, 0) is 11.4 Å². The number of nitrogens with one attached hydrogen (secondary N) is 3. The van der Waals surface area contributed by atoms with Gasteiger partial charge in [0.2, 0.25) is 0 Å². The lowest BCUT2D eigenvalue weighted by molar-refractivity contribution is 0.100. The molecule has 1 saturated heterocycles. The largest absolute Gasteiger partial charge is 0.427 e. The number of carbonyl (C=O) groups is 1. The zero-order chi connectivity index (χ0) is 25.5. The molecule has 10 heteroatoms. The Kier molecular flexibility index (Phi) is 6.96. The van der Waals surface area contributed by atoms with Gasteiger partial charge in [-0.15, -0.1) is 5.48 Å². The summed E-state index contributed by atoms with van der Waals surface area (Å²) < 4.78 is 2.34. The second kappa shape index (κ2) is 10.4. The zero-order valence-electron chi connectivity index (χ0n) is 22.1. The van der Waals surface area contributed by atoms with E-state index in [0.717, 1.165) is 55.3 Å². The Bertz CT molecular complexity index is 1120. The van der Waals surface area contributed by atoms with E-state index in [1.54, 1.807) is 0 Å². The van der Waals surface area contributed by atoms with Gasteiger partial charge >= 0.3 is 6.09 Å². The van der Waals surface area contributed by atoms with Crippen LogP contribution in [0.5, 0.6) is 0 Å². The molecule has 4 atom stereocenters. The third kappa shape index (κ3) is 5.02. The summed E-state index contributed by atoms with van der Waals surface area (Å²) in [6.07, 6.45) is 11.0. The highest BCUT2D eigenvalue weighted by Gasteiger charge is 2.34. The van der Waals surface area contributed by atoms with E-state index in [1.807, 2.05) is 0 Å². The van der Waals surface area contributed by atoms with Crippen LogP contribution in [0.25, 0.3) is 11.2 Å². The standard InChI is InChI=1S/C27H41N7O3/c1-15-10-12-17(13-11-15)14-34-21-22(28-16(2)18-6-5-7-18)29-24(25-32-27(36)37-33-25)30-23(21)31-26(34)19-8-3-4-9-20(19)35/h15-20,25,33,35H,3-14H2,1-2H3,(H,32,36)(H,28,29,30)/t15?,16-,17?,19?,20?,25?/m1/s1. The van der Waals surface area contributed by atoms with Crippen molar-refractivity contribution in [3.05, 3.63) is 11.6 Å². The molecule has 1 amide bonds. The first-order valence-corrected chi connectivity index (χ1v) is 14.4. The lowest BCUT2D eigenvalue weighted by Gasteiger charge is -2.33. The van der Waals surface area contributed by atoms with Crippen LogP contribution in [0.15, 0.2) is 0 Å². The molecule has 37 heavy (non-hydrogen) atoms. The van der Waals surface area contributed by atoms with Crippen molar-refractivity contribution < 1.29 is 14.7 Å². The van der Waals surface area contributed by atoms with E-state index < -0.39 is 18.4 Å². The second-order valence-electron chi connectivity index (χ2n) is 12.0. The number of aliphatic hydroxyl groups is 1. The van der Waals surface area contributed by atoms with E-state index >= 15 is 0 Å².